The summed E-state index contributed by atoms with van der Waals surface area (Å²) in [4.78, 5) is 11.7. The Hall–Kier alpha value is -1.35. The van der Waals surface area contributed by atoms with Crippen LogP contribution in [0.2, 0.25) is 0 Å². The summed E-state index contributed by atoms with van der Waals surface area (Å²) in [6, 6.07) is 8.42. The molecule has 1 fully saturated rings. The van der Waals surface area contributed by atoms with Crippen LogP contribution in [0.1, 0.15) is 25.3 Å². The van der Waals surface area contributed by atoms with E-state index >= 15 is 0 Å². The second-order valence-electron chi connectivity index (χ2n) is 4.81. The fourth-order valence-electron chi connectivity index (χ4n) is 2.10. The van der Waals surface area contributed by atoms with E-state index < -0.39 is 0 Å². The third-order valence-corrected chi connectivity index (χ3v) is 3.27. The van der Waals surface area contributed by atoms with Crippen molar-refractivity contribution in [2.45, 2.75) is 32.7 Å². The Morgan fingerprint density at radius 1 is 1.47 bits per heavy atom. The van der Waals surface area contributed by atoms with Gasteiger partial charge in [0.2, 0.25) is 5.91 Å². The van der Waals surface area contributed by atoms with Crippen molar-refractivity contribution in [1.82, 2.24) is 5.32 Å². The molecule has 1 aromatic rings. The molecule has 3 nitrogen and oxygen atoms in total. The lowest BCUT2D eigenvalue weighted by molar-refractivity contribution is -0.115. The van der Waals surface area contributed by atoms with Crippen molar-refractivity contribution in [3.8, 4) is 0 Å². The van der Waals surface area contributed by atoms with Crippen LogP contribution in [-0.2, 0) is 4.79 Å². The van der Waals surface area contributed by atoms with Crippen LogP contribution in [0.3, 0.4) is 0 Å². The van der Waals surface area contributed by atoms with Crippen LogP contribution >= 0.6 is 0 Å². The lowest BCUT2D eigenvalue weighted by Crippen LogP contribution is -2.30. The molecule has 92 valence electrons. The Morgan fingerprint density at radius 2 is 2.29 bits per heavy atom. The van der Waals surface area contributed by atoms with Crippen molar-refractivity contribution in [2.24, 2.45) is 5.92 Å². The molecule has 3 heteroatoms. The summed E-state index contributed by atoms with van der Waals surface area (Å²) in [5.74, 6) is 0.819. The molecule has 2 rings (SSSR count). The molecule has 17 heavy (non-hydrogen) atoms. The van der Waals surface area contributed by atoms with Gasteiger partial charge in [-0.1, -0.05) is 25.5 Å². The molecular weight excluding hydrogens is 212 g/mol. The van der Waals surface area contributed by atoms with Crippen LogP contribution in [-0.4, -0.2) is 18.5 Å². The van der Waals surface area contributed by atoms with E-state index in [0.717, 1.165) is 17.2 Å². The quantitative estimate of drug-likeness (QED) is 0.818. The second-order valence-corrected chi connectivity index (χ2v) is 4.81. The molecule has 0 bridgehead atoms. The summed E-state index contributed by atoms with van der Waals surface area (Å²) in [6.07, 6.45) is 2.42. The van der Waals surface area contributed by atoms with Gasteiger partial charge in [-0.25, -0.2) is 0 Å². The van der Waals surface area contributed by atoms with E-state index in [2.05, 4.69) is 17.6 Å². The highest BCUT2D eigenvalue weighted by Crippen LogP contribution is 2.32. The van der Waals surface area contributed by atoms with E-state index in [1.54, 1.807) is 0 Å². The van der Waals surface area contributed by atoms with E-state index in [-0.39, 0.29) is 5.91 Å². The van der Waals surface area contributed by atoms with E-state index in [4.69, 9.17) is 0 Å². The van der Waals surface area contributed by atoms with Gasteiger partial charge in [0.25, 0.3) is 0 Å². The predicted molar refractivity (Wildman–Crippen MR) is 70.0 cm³/mol. The number of anilines is 1. The van der Waals surface area contributed by atoms with Crippen LogP contribution in [0.4, 0.5) is 5.69 Å². The molecule has 1 amide bonds. The van der Waals surface area contributed by atoms with E-state index in [1.165, 1.54) is 12.8 Å². The largest absolute Gasteiger partial charge is 0.325 e. The van der Waals surface area contributed by atoms with E-state index in [9.17, 15) is 4.79 Å². The lowest BCUT2D eigenvalue weighted by atomic mass is 10.2. The molecule has 0 spiro atoms. The molecule has 1 aliphatic rings. The third-order valence-electron chi connectivity index (χ3n) is 3.27. The van der Waals surface area contributed by atoms with Gasteiger partial charge in [-0.2, -0.15) is 0 Å². The number of carbonyl (C=O) groups is 1. The molecule has 0 radical (unpaired) electrons. The third kappa shape index (κ3) is 3.56. The van der Waals surface area contributed by atoms with Crippen molar-refractivity contribution >= 4 is 11.6 Å². The zero-order valence-corrected chi connectivity index (χ0v) is 10.5. The highest BCUT2D eigenvalue weighted by atomic mass is 16.1. The number of aryl methyl sites for hydroxylation is 1. The number of carbonyl (C=O) groups excluding carboxylic acids is 1. The first kappa shape index (κ1) is 12.1. The first-order chi connectivity index (χ1) is 8.19. The average molecular weight is 232 g/mol. The first-order valence-electron chi connectivity index (χ1n) is 6.29. The standard InChI is InChI=1S/C14H20N2O/c1-3-11-8-13(11)15-9-14(17)16-12-6-4-5-10(2)7-12/h4-7,11,13,15H,3,8-9H2,1-2H3,(H,16,17). The summed E-state index contributed by atoms with van der Waals surface area (Å²) >= 11 is 0. The predicted octanol–water partition coefficient (Wildman–Crippen LogP) is 2.32. The summed E-state index contributed by atoms with van der Waals surface area (Å²) in [5, 5.41) is 6.18. The summed E-state index contributed by atoms with van der Waals surface area (Å²) < 4.78 is 0. The highest BCUT2D eigenvalue weighted by Gasteiger charge is 2.34. The van der Waals surface area contributed by atoms with E-state index in [0.29, 0.717) is 12.6 Å². The molecule has 1 aromatic carbocycles. The molecule has 2 unspecified atom stereocenters. The zero-order chi connectivity index (χ0) is 12.3. The van der Waals surface area contributed by atoms with Crippen LogP contribution in [0.15, 0.2) is 24.3 Å². The molecule has 0 heterocycles. The minimum absolute atomic E-state index is 0.0392. The van der Waals surface area contributed by atoms with Crippen LogP contribution in [0.25, 0.3) is 0 Å². The summed E-state index contributed by atoms with van der Waals surface area (Å²) in [5.41, 5.74) is 2.03. The number of amides is 1. The van der Waals surface area contributed by atoms with Crippen molar-refractivity contribution in [2.75, 3.05) is 11.9 Å². The van der Waals surface area contributed by atoms with Gasteiger partial charge >= 0.3 is 0 Å². The Morgan fingerprint density at radius 3 is 2.94 bits per heavy atom. The maximum Gasteiger partial charge on any atom is 0.238 e. The Labute approximate surface area is 103 Å². The van der Waals surface area contributed by atoms with Crippen molar-refractivity contribution in [3.63, 3.8) is 0 Å². The normalized spacial score (nSPS) is 22.2. The van der Waals surface area contributed by atoms with Crippen LogP contribution in [0, 0.1) is 12.8 Å². The second kappa shape index (κ2) is 5.32. The highest BCUT2D eigenvalue weighted by molar-refractivity contribution is 5.92. The van der Waals surface area contributed by atoms with Crippen molar-refractivity contribution in [1.29, 1.82) is 0 Å². The van der Waals surface area contributed by atoms with Crippen LogP contribution in [0.5, 0.6) is 0 Å². The minimum Gasteiger partial charge on any atom is -0.325 e. The molecular formula is C14H20N2O. The molecule has 0 aromatic heterocycles. The molecule has 0 aliphatic heterocycles. The van der Waals surface area contributed by atoms with Gasteiger partial charge in [0.05, 0.1) is 6.54 Å². The molecule has 2 N–H and O–H groups in total. The Balaban J connectivity index is 1.74. The zero-order valence-electron chi connectivity index (χ0n) is 10.5. The van der Waals surface area contributed by atoms with Gasteiger partial charge in [0.1, 0.15) is 0 Å². The maximum absolute atomic E-state index is 11.7. The number of nitrogens with one attached hydrogen (secondary N) is 2. The van der Waals surface area contributed by atoms with Gasteiger partial charge in [0, 0.05) is 11.7 Å². The lowest BCUT2D eigenvalue weighted by Gasteiger charge is -2.07. The van der Waals surface area contributed by atoms with Gasteiger partial charge in [-0.3, -0.25) is 4.79 Å². The Kier molecular flexibility index (Phi) is 3.79. The molecule has 1 aliphatic carbocycles. The average Bonchev–Trinajstić information content (AvgIpc) is 3.05. The smallest absolute Gasteiger partial charge is 0.238 e. The number of rotatable bonds is 5. The monoisotopic (exact) mass is 232 g/mol. The summed E-state index contributed by atoms with van der Waals surface area (Å²) in [7, 11) is 0. The van der Waals surface area contributed by atoms with Crippen molar-refractivity contribution in [3.05, 3.63) is 29.8 Å². The topological polar surface area (TPSA) is 41.1 Å². The van der Waals surface area contributed by atoms with E-state index in [1.807, 2.05) is 31.2 Å². The van der Waals surface area contributed by atoms with Gasteiger partial charge in [-0.05, 0) is 37.0 Å². The number of hydrogen-bond donors (Lipinski definition) is 2. The molecule has 0 saturated heterocycles. The SMILES string of the molecule is CCC1CC1NCC(=O)Nc1cccc(C)c1. The van der Waals surface area contributed by atoms with Gasteiger partial charge in [0.15, 0.2) is 0 Å². The minimum atomic E-state index is 0.0392. The van der Waals surface area contributed by atoms with Gasteiger partial charge < -0.3 is 10.6 Å². The number of benzene rings is 1. The Bertz CT molecular complexity index is 403. The fourth-order valence-corrected chi connectivity index (χ4v) is 2.10. The van der Waals surface area contributed by atoms with Gasteiger partial charge in [-0.15, -0.1) is 0 Å². The fraction of sp³-hybridized carbons (Fsp3) is 0.500. The maximum atomic E-state index is 11.7. The van der Waals surface area contributed by atoms with Crippen LogP contribution < -0.4 is 10.6 Å². The molecule has 2 atom stereocenters. The van der Waals surface area contributed by atoms with Crippen molar-refractivity contribution < 1.29 is 4.79 Å². The number of hydrogen-bond acceptors (Lipinski definition) is 2. The molecule has 1 saturated carbocycles. The first-order valence-corrected chi connectivity index (χ1v) is 6.29. The summed E-state index contributed by atoms with van der Waals surface area (Å²) in [6.45, 7) is 4.62.